The van der Waals surface area contributed by atoms with Crippen LogP contribution in [0.1, 0.15) is 12.0 Å². The predicted molar refractivity (Wildman–Crippen MR) is 56.2 cm³/mol. The Morgan fingerprint density at radius 1 is 1.38 bits per heavy atom. The summed E-state index contributed by atoms with van der Waals surface area (Å²) >= 11 is 0. The van der Waals surface area contributed by atoms with Crippen molar-refractivity contribution in [2.24, 2.45) is 5.16 Å². The fraction of sp³-hybridized carbons (Fsp3) is 0.222. The number of hydrogen-bond donors (Lipinski definition) is 3. The molecule has 1 unspecified atom stereocenters. The highest BCUT2D eigenvalue weighted by Gasteiger charge is 2.37. The van der Waals surface area contributed by atoms with E-state index in [2.05, 4.69) is 9.99 Å². The number of phenols is 1. The summed E-state index contributed by atoms with van der Waals surface area (Å²) in [5.74, 6) is -1.24. The topological polar surface area (TPSA) is 99.4 Å². The van der Waals surface area contributed by atoms with E-state index in [1.54, 1.807) is 18.2 Å². The number of para-hydroxylation sites is 1. The third-order valence-electron chi connectivity index (χ3n) is 2.24. The second-order valence-corrected chi connectivity index (χ2v) is 5.16. The summed E-state index contributed by atoms with van der Waals surface area (Å²) in [7, 11) is -4.30. The van der Waals surface area contributed by atoms with Gasteiger partial charge in [0.25, 0.3) is 0 Å². The van der Waals surface area contributed by atoms with Gasteiger partial charge >= 0.3 is 7.60 Å². The molecule has 1 atom stereocenters. The van der Waals surface area contributed by atoms with Crippen LogP contribution in [0.3, 0.4) is 0 Å². The van der Waals surface area contributed by atoms with Crippen LogP contribution in [0.5, 0.6) is 5.75 Å². The Kier molecular flexibility index (Phi) is 2.71. The van der Waals surface area contributed by atoms with Crippen molar-refractivity contribution in [2.75, 3.05) is 0 Å². The summed E-state index contributed by atoms with van der Waals surface area (Å²) in [4.78, 5) is 22.5. The molecule has 86 valence electrons. The third-order valence-corrected chi connectivity index (χ3v) is 3.27. The van der Waals surface area contributed by atoms with Crippen molar-refractivity contribution in [1.29, 1.82) is 0 Å². The molecule has 0 bridgehead atoms. The van der Waals surface area contributed by atoms with Gasteiger partial charge in [0.1, 0.15) is 5.75 Å². The first-order chi connectivity index (χ1) is 7.48. The molecule has 1 aliphatic heterocycles. The molecule has 0 aliphatic carbocycles. The molecule has 0 fully saturated rings. The molecule has 2 rings (SSSR count). The van der Waals surface area contributed by atoms with E-state index in [-0.39, 0.29) is 12.2 Å². The van der Waals surface area contributed by atoms with Crippen LogP contribution >= 0.6 is 7.60 Å². The molecule has 16 heavy (non-hydrogen) atoms. The number of benzene rings is 1. The molecule has 0 aromatic heterocycles. The first-order valence-corrected chi connectivity index (χ1v) is 6.23. The standard InChI is InChI=1S/C9H10NO5P/c11-8-4-2-1-3-6(8)7-5-9(15-10-7)16(12,13)14/h1-4,9,11H,5H2,(H2,12,13,14). The van der Waals surface area contributed by atoms with Crippen LogP contribution in [-0.4, -0.2) is 26.5 Å². The Morgan fingerprint density at radius 2 is 2.06 bits per heavy atom. The van der Waals surface area contributed by atoms with E-state index in [1.807, 2.05) is 0 Å². The molecule has 7 heteroatoms. The molecule has 0 amide bonds. The maximum atomic E-state index is 10.9. The lowest BCUT2D eigenvalue weighted by atomic mass is 10.1. The van der Waals surface area contributed by atoms with E-state index in [4.69, 9.17) is 9.79 Å². The van der Waals surface area contributed by atoms with Crippen molar-refractivity contribution >= 4 is 13.3 Å². The van der Waals surface area contributed by atoms with Crippen LogP contribution in [0.4, 0.5) is 0 Å². The Hall–Kier alpha value is -1.36. The molecular formula is C9H10NO5P. The first-order valence-electron chi connectivity index (χ1n) is 4.55. The van der Waals surface area contributed by atoms with Crippen LogP contribution in [-0.2, 0) is 9.40 Å². The molecule has 0 saturated carbocycles. The second kappa shape index (κ2) is 3.90. The van der Waals surface area contributed by atoms with Crippen LogP contribution in [0.15, 0.2) is 29.4 Å². The number of aromatic hydroxyl groups is 1. The van der Waals surface area contributed by atoms with Gasteiger partial charge in [-0.1, -0.05) is 17.3 Å². The molecule has 1 aliphatic rings. The largest absolute Gasteiger partial charge is 0.507 e. The monoisotopic (exact) mass is 243 g/mol. The average Bonchev–Trinajstić information content (AvgIpc) is 2.66. The zero-order valence-corrected chi connectivity index (χ0v) is 9.04. The number of rotatable bonds is 2. The van der Waals surface area contributed by atoms with Gasteiger partial charge in [-0.3, -0.25) is 4.57 Å². The maximum Gasteiger partial charge on any atom is 0.368 e. The van der Waals surface area contributed by atoms with E-state index in [0.717, 1.165) is 0 Å². The minimum absolute atomic E-state index is 0.0104. The highest BCUT2D eigenvalue weighted by molar-refractivity contribution is 7.52. The van der Waals surface area contributed by atoms with E-state index < -0.39 is 13.4 Å². The minimum atomic E-state index is -4.30. The molecule has 1 aromatic rings. The Labute approximate surface area is 91.3 Å². The van der Waals surface area contributed by atoms with Gasteiger partial charge in [-0.15, -0.1) is 0 Å². The summed E-state index contributed by atoms with van der Waals surface area (Å²) in [5.41, 5.74) is 0.768. The highest BCUT2D eigenvalue weighted by Crippen LogP contribution is 2.46. The predicted octanol–water partition coefficient (Wildman–Crippen LogP) is 1.02. The fourth-order valence-corrected chi connectivity index (χ4v) is 2.00. The van der Waals surface area contributed by atoms with E-state index in [1.165, 1.54) is 6.07 Å². The summed E-state index contributed by atoms with van der Waals surface area (Å²) in [5, 5.41) is 13.1. The van der Waals surface area contributed by atoms with Crippen LogP contribution < -0.4 is 0 Å². The molecule has 0 saturated heterocycles. The number of phenolic OH excluding ortho intramolecular Hbond substituents is 1. The third kappa shape index (κ3) is 2.09. The van der Waals surface area contributed by atoms with Gasteiger partial charge in [0.15, 0.2) is 0 Å². The van der Waals surface area contributed by atoms with Crippen LogP contribution in [0.2, 0.25) is 0 Å². The van der Waals surface area contributed by atoms with Crippen molar-refractivity contribution in [1.82, 2.24) is 0 Å². The van der Waals surface area contributed by atoms with Crippen molar-refractivity contribution in [3.63, 3.8) is 0 Å². The Bertz CT molecular complexity index is 481. The quantitative estimate of drug-likeness (QED) is 0.673. The molecule has 3 N–H and O–H groups in total. The van der Waals surface area contributed by atoms with Crippen LogP contribution in [0.25, 0.3) is 0 Å². The van der Waals surface area contributed by atoms with Crippen molar-refractivity contribution in [2.45, 2.75) is 12.3 Å². The van der Waals surface area contributed by atoms with Gasteiger partial charge in [-0.25, -0.2) is 0 Å². The SMILES string of the molecule is O=P(O)(O)C1CC(c2ccccc2O)=NO1. The molecular weight excluding hydrogens is 233 g/mol. The van der Waals surface area contributed by atoms with Gasteiger partial charge in [-0.05, 0) is 12.1 Å². The lowest BCUT2D eigenvalue weighted by Gasteiger charge is -2.09. The summed E-state index contributed by atoms with van der Waals surface area (Å²) in [6, 6.07) is 6.43. The van der Waals surface area contributed by atoms with Crippen LogP contribution in [0, 0.1) is 0 Å². The Morgan fingerprint density at radius 3 is 2.62 bits per heavy atom. The lowest BCUT2D eigenvalue weighted by Crippen LogP contribution is -2.08. The fourth-order valence-electron chi connectivity index (χ4n) is 1.42. The molecule has 1 aromatic carbocycles. The minimum Gasteiger partial charge on any atom is -0.507 e. The smallest absolute Gasteiger partial charge is 0.368 e. The van der Waals surface area contributed by atoms with Gasteiger partial charge < -0.3 is 19.7 Å². The second-order valence-electron chi connectivity index (χ2n) is 3.41. The Balaban J connectivity index is 2.22. The van der Waals surface area contributed by atoms with Crippen molar-refractivity contribution in [3.05, 3.63) is 29.8 Å². The number of hydrogen-bond acceptors (Lipinski definition) is 4. The van der Waals surface area contributed by atoms with Gasteiger partial charge in [0.2, 0.25) is 5.85 Å². The first kappa shape index (κ1) is 11.1. The average molecular weight is 243 g/mol. The normalized spacial score (nSPS) is 20.4. The van der Waals surface area contributed by atoms with Crippen molar-refractivity contribution in [3.8, 4) is 5.75 Å². The van der Waals surface area contributed by atoms with Gasteiger partial charge in [0, 0.05) is 12.0 Å². The van der Waals surface area contributed by atoms with E-state index in [0.29, 0.717) is 11.3 Å². The van der Waals surface area contributed by atoms with Crippen molar-refractivity contribution < 1.29 is 24.3 Å². The summed E-state index contributed by atoms with van der Waals surface area (Å²) in [6.45, 7) is 0. The van der Waals surface area contributed by atoms with Gasteiger partial charge in [-0.2, -0.15) is 0 Å². The van der Waals surface area contributed by atoms with Gasteiger partial charge in [0.05, 0.1) is 5.71 Å². The molecule has 0 spiro atoms. The van der Waals surface area contributed by atoms with E-state index in [9.17, 15) is 9.67 Å². The zero-order valence-electron chi connectivity index (χ0n) is 8.15. The highest BCUT2D eigenvalue weighted by atomic mass is 31.2. The number of oxime groups is 1. The summed E-state index contributed by atoms with van der Waals surface area (Å²) < 4.78 is 10.9. The lowest BCUT2D eigenvalue weighted by molar-refractivity contribution is 0.117. The molecule has 0 radical (unpaired) electrons. The number of nitrogens with zero attached hydrogens (tertiary/aromatic N) is 1. The molecule has 1 heterocycles. The molecule has 6 nitrogen and oxygen atoms in total. The zero-order chi connectivity index (χ0) is 11.8. The maximum absolute atomic E-state index is 10.9. The van der Waals surface area contributed by atoms with E-state index >= 15 is 0 Å². The summed E-state index contributed by atoms with van der Waals surface area (Å²) in [6.07, 6.45) is -0.0121.